The first-order chi connectivity index (χ1) is 8.53. The Labute approximate surface area is 108 Å². The summed E-state index contributed by atoms with van der Waals surface area (Å²) in [6.07, 6.45) is 4.08. The van der Waals surface area contributed by atoms with E-state index in [9.17, 15) is 0 Å². The fraction of sp³-hybridized carbons (Fsp3) is 0.400. The van der Waals surface area contributed by atoms with Crippen molar-refractivity contribution in [3.63, 3.8) is 0 Å². The molecule has 3 nitrogen and oxygen atoms in total. The van der Waals surface area contributed by atoms with Crippen molar-refractivity contribution >= 4 is 22.3 Å². The number of benzene rings is 1. The highest BCUT2D eigenvalue weighted by Gasteiger charge is 2.17. The Bertz CT molecular complexity index is 546. The lowest BCUT2D eigenvalue weighted by molar-refractivity contribution is 0.511. The van der Waals surface area contributed by atoms with Crippen LogP contribution in [0.25, 0.3) is 10.9 Å². The van der Waals surface area contributed by atoms with Gasteiger partial charge in [-0.25, -0.2) is 0 Å². The number of nitrogens with one attached hydrogen (secondary N) is 1. The number of nitrogens with two attached hydrogens (primary N) is 1. The van der Waals surface area contributed by atoms with Gasteiger partial charge >= 0.3 is 0 Å². The van der Waals surface area contributed by atoms with Crippen molar-refractivity contribution < 1.29 is 0 Å². The maximum atomic E-state index is 5.98. The fourth-order valence-corrected chi connectivity index (χ4v) is 2.35. The second-order valence-corrected chi connectivity index (χ2v) is 5.36. The van der Waals surface area contributed by atoms with E-state index in [-0.39, 0.29) is 5.54 Å². The summed E-state index contributed by atoms with van der Waals surface area (Å²) in [5, 5.41) is 4.58. The highest BCUT2D eigenvalue weighted by atomic mass is 15.0. The van der Waals surface area contributed by atoms with Crippen molar-refractivity contribution in [2.45, 2.75) is 39.2 Å². The molecule has 0 atom stereocenters. The number of nitrogens with zero attached hydrogens (tertiary/aromatic N) is 1. The van der Waals surface area contributed by atoms with E-state index >= 15 is 0 Å². The van der Waals surface area contributed by atoms with Crippen LogP contribution >= 0.6 is 0 Å². The van der Waals surface area contributed by atoms with Gasteiger partial charge in [-0.15, -0.1) is 0 Å². The fourth-order valence-electron chi connectivity index (χ4n) is 2.35. The third-order valence-corrected chi connectivity index (χ3v) is 3.15. The van der Waals surface area contributed by atoms with Gasteiger partial charge in [0, 0.05) is 22.8 Å². The van der Waals surface area contributed by atoms with Crippen molar-refractivity contribution in [1.29, 1.82) is 0 Å². The molecule has 0 aliphatic carbocycles. The van der Waals surface area contributed by atoms with Gasteiger partial charge < -0.3 is 11.1 Å². The number of hydrogen-bond acceptors (Lipinski definition) is 3. The van der Waals surface area contributed by atoms with Crippen LogP contribution in [0.3, 0.4) is 0 Å². The zero-order valence-electron chi connectivity index (χ0n) is 11.3. The van der Waals surface area contributed by atoms with Crippen LogP contribution in [0.2, 0.25) is 0 Å². The number of fused-ring (bicyclic) bond motifs is 1. The van der Waals surface area contributed by atoms with Gasteiger partial charge in [-0.3, -0.25) is 4.98 Å². The Balaban J connectivity index is 2.43. The maximum Gasteiger partial charge on any atom is 0.0954 e. The molecule has 0 spiro atoms. The third-order valence-electron chi connectivity index (χ3n) is 3.15. The first-order valence-electron chi connectivity index (χ1n) is 6.45. The van der Waals surface area contributed by atoms with Crippen molar-refractivity contribution in [1.82, 2.24) is 4.98 Å². The molecule has 2 rings (SSSR count). The van der Waals surface area contributed by atoms with E-state index in [1.165, 1.54) is 0 Å². The quantitative estimate of drug-likeness (QED) is 0.803. The molecule has 0 aliphatic heterocycles. The number of hydrogen-bond donors (Lipinski definition) is 2. The molecule has 1 aromatic carbocycles. The van der Waals surface area contributed by atoms with Crippen molar-refractivity contribution in [2.75, 3.05) is 11.1 Å². The molecule has 18 heavy (non-hydrogen) atoms. The van der Waals surface area contributed by atoms with Crippen LogP contribution < -0.4 is 11.1 Å². The minimum absolute atomic E-state index is 0.0648. The predicted molar refractivity (Wildman–Crippen MR) is 78.8 cm³/mol. The normalized spacial score (nSPS) is 11.7. The standard InChI is InChI=1S/C15H21N3/c1-4-9-15(2,3)18-13-8-7-12(16)11-6-5-10-17-14(11)13/h5-8,10,18H,4,9,16H2,1-3H3. The van der Waals surface area contributed by atoms with Gasteiger partial charge in [-0.1, -0.05) is 13.3 Å². The monoisotopic (exact) mass is 243 g/mol. The van der Waals surface area contributed by atoms with Crippen molar-refractivity contribution in [3.05, 3.63) is 30.5 Å². The van der Waals surface area contributed by atoms with Gasteiger partial charge in [0.1, 0.15) is 0 Å². The average molecular weight is 243 g/mol. The summed E-state index contributed by atoms with van der Waals surface area (Å²) in [6.45, 7) is 6.62. The second-order valence-electron chi connectivity index (χ2n) is 5.36. The van der Waals surface area contributed by atoms with Crippen LogP contribution in [0.1, 0.15) is 33.6 Å². The molecule has 2 aromatic rings. The molecule has 1 aromatic heterocycles. The lowest BCUT2D eigenvalue weighted by atomic mass is 9.98. The first-order valence-corrected chi connectivity index (χ1v) is 6.45. The Morgan fingerprint density at radius 1 is 1.28 bits per heavy atom. The van der Waals surface area contributed by atoms with E-state index in [4.69, 9.17) is 5.73 Å². The summed E-state index contributed by atoms with van der Waals surface area (Å²) in [6, 6.07) is 7.88. The highest BCUT2D eigenvalue weighted by Crippen LogP contribution is 2.29. The molecule has 0 aliphatic rings. The van der Waals surface area contributed by atoms with Crippen LogP contribution in [0, 0.1) is 0 Å². The lowest BCUT2D eigenvalue weighted by Gasteiger charge is -2.27. The van der Waals surface area contributed by atoms with Crippen LogP contribution in [0.5, 0.6) is 0 Å². The largest absolute Gasteiger partial charge is 0.398 e. The zero-order valence-corrected chi connectivity index (χ0v) is 11.3. The SMILES string of the molecule is CCCC(C)(C)Nc1ccc(N)c2cccnc12. The predicted octanol–water partition coefficient (Wildman–Crippen LogP) is 3.81. The van der Waals surface area contributed by atoms with E-state index in [0.29, 0.717) is 0 Å². The molecule has 0 radical (unpaired) electrons. The van der Waals surface area contributed by atoms with E-state index in [2.05, 4.69) is 31.1 Å². The van der Waals surface area contributed by atoms with Gasteiger partial charge in [0.25, 0.3) is 0 Å². The summed E-state index contributed by atoms with van der Waals surface area (Å²) in [5.74, 6) is 0. The molecule has 0 amide bonds. The Morgan fingerprint density at radius 3 is 2.78 bits per heavy atom. The smallest absolute Gasteiger partial charge is 0.0954 e. The van der Waals surface area contributed by atoms with Crippen LogP contribution in [-0.4, -0.2) is 10.5 Å². The number of aromatic nitrogens is 1. The lowest BCUT2D eigenvalue weighted by Crippen LogP contribution is -2.30. The highest BCUT2D eigenvalue weighted by molar-refractivity contribution is 5.98. The van der Waals surface area contributed by atoms with Gasteiger partial charge in [0.2, 0.25) is 0 Å². The molecule has 1 heterocycles. The summed E-state index contributed by atoms with van der Waals surface area (Å²) in [4.78, 5) is 4.44. The first kappa shape index (κ1) is 12.7. The molecule has 0 saturated heterocycles. The van der Waals surface area contributed by atoms with E-state index in [0.717, 1.165) is 35.1 Å². The Morgan fingerprint density at radius 2 is 2.06 bits per heavy atom. The van der Waals surface area contributed by atoms with Gasteiger partial charge in [0.05, 0.1) is 11.2 Å². The zero-order chi connectivity index (χ0) is 13.2. The summed E-state index contributed by atoms with van der Waals surface area (Å²) >= 11 is 0. The van der Waals surface area contributed by atoms with Gasteiger partial charge in [-0.2, -0.15) is 0 Å². The number of nitrogen functional groups attached to an aromatic ring is 1. The van der Waals surface area contributed by atoms with Gasteiger partial charge in [-0.05, 0) is 44.5 Å². The molecule has 96 valence electrons. The molecule has 3 heteroatoms. The molecule has 3 N–H and O–H groups in total. The number of anilines is 2. The van der Waals surface area contributed by atoms with Crippen molar-refractivity contribution in [3.8, 4) is 0 Å². The van der Waals surface area contributed by atoms with Crippen LogP contribution in [0.4, 0.5) is 11.4 Å². The van der Waals surface area contributed by atoms with E-state index in [1.807, 2.05) is 24.3 Å². The van der Waals surface area contributed by atoms with E-state index in [1.54, 1.807) is 6.20 Å². The Kier molecular flexibility index (Phi) is 3.41. The molecule has 0 bridgehead atoms. The number of rotatable bonds is 4. The summed E-state index contributed by atoms with van der Waals surface area (Å²) < 4.78 is 0. The molecule has 0 fully saturated rings. The average Bonchev–Trinajstić information content (AvgIpc) is 2.33. The van der Waals surface area contributed by atoms with Crippen LogP contribution in [-0.2, 0) is 0 Å². The van der Waals surface area contributed by atoms with E-state index < -0.39 is 0 Å². The second kappa shape index (κ2) is 4.84. The molecular weight excluding hydrogens is 222 g/mol. The minimum Gasteiger partial charge on any atom is -0.398 e. The molecular formula is C15H21N3. The molecule has 0 saturated carbocycles. The van der Waals surface area contributed by atoms with Crippen molar-refractivity contribution in [2.24, 2.45) is 0 Å². The van der Waals surface area contributed by atoms with Gasteiger partial charge in [0.15, 0.2) is 0 Å². The third kappa shape index (κ3) is 2.55. The number of pyridine rings is 1. The summed E-state index contributed by atoms with van der Waals surface area (Å²) in [7, 11) is 0. The topological polar surface area (TPSA) is 50.9 Å². The Hall–Kier alpha value is -1.77. The molecule has 0 unspecified atom stereocenters. The summed E-state index contributed by atoms with van der Waals surface area (Å²) in [5.41, 5.74) is 8.82. The van der Waals surface area contributed by atoms with Crippen LogP contribution in [0.15, 0.2) is 30.5 Å². The maximum absolute atomic E-state index is 5.98. The minimum atomic E-state index is 0.0648.